The Kier molecular flexibility index (Phi) is 5.00. The molecule has 18 heavy (non-hydrogen) atoms. The van der Waals surface area contributed by atoms with Crippen LogP contribution < -0.4 is 4.72 Å². The fourth-order valence-electron chi connectivity index (χ4n) is 2.97. The number of nitrogens with zero attached hydrogens (tertiary/aromatic N) is 1. The van der Waals surface area contributed by atoms with Gasteiger partial charge in [0.25, 0.3) is 10.2 Å². The van der Waals surface area contributed by atoms with Crippen LogP contribution in [0, 0.1) is 0 Å². The van der Waals surface area contributed by atoms with Crippen LogP contribution in [0.2, 0.25) is 0 Å². The number of hydrogen-bond donors (Lipinski definition) is 2. The van der Waals surface area contributed by atoms with Gasteiger partial charge in [-0.3, -0.25) is 0 Å². The Balaban J connectivity index is 1.99. The summed E-state index contributed by atoms with van der Waals surface area (Å²) in [6.45, 7) is 0.457. The molecular formula is C12H24N2O3S. The van der Waals surface area contributed by atoms with Crippen LogP contribution in [0.4, 0.5) is 0 Å². The van der Waals surface area contributed by atoms with Gasteiger partial charge in [-0.05, 0) is 25.7 Å². The zero-order valence-corrected chi connectivity index (χ0v) is 11.7. The Hall–Kier alpha value is -0.170. The molecule has 0 aromatic heterocycles. The summed E-state index contributed by atoms with van der Waals surface area (Å²) in [4.78, 5) is 0. The van der Waals surface area contributed by atoms with Crippen molar-refractivity contribution in [1.29, 1.82) is 0 Å². The van der Waals surface area contributed by atoms with Gasteiger partial charge in [0.1, 0.15) is 0 Å². The van der Waals surface area contributed by atoms with Crippen molar-refractivity contribution in [1.82, 2.24) is 9.03 Å². The second-order valence-corrected chi connectivity index (χ2v) is 7.06. The summed E-state index contributed by atoms with van der Waals surface area (Å²) in [5.74, 6) is 0. The quantitative estimate of drug-likeness (QED) is 0.805. The summed E-state index contributed by atoms with van der Waals surface area (Å²) in [6, 6.07) is -0.148. The predicted molar refractivity (Wildman–Crippen MR) is 70.4 cm³/mol. The molecule has 1 aliphatic heterocycles. The first-order valence-corrected chi connectivity index (χ1v) is 8.47. The molecule has 2 fully saturated rings. The third-order valence-corrected chi connectivity index (χ3v) is 5.74. The largest absolute Gasteiger partial charge is 0.395 e. The fraction of sp³-hybridized carbons (Fsp3) is 1.00. The highest BCUT2D eigenvalue weighted by Crippen LogP contribution is 2.22. The molecule has 0 radical (unpaired) electrons. The first-order valence-electron chi connectivity index (χ1n) is 7.03. The Morgan fingerprint density at radius 3 is 2.39 bits per heavy atom. The van der Waals surface area contributed by atoms with Crippen molar-refractivity contribution >= 4 is 10.2 Å². The van der Waals surface area contributed by atoms with Gasteiger partial charge in [-0.2, -0.15) is 17.4 Å². The maximum absolute atomic E-state index is 12.3. The van der Waals surface area contributed by atoms with E-state index in [9.17, 15) is 13.5 Å². The van der Waals surface area contributed by atoms with E-state index < -0.39 is 10.2 Å². The molecule has 0 amide bonds. The minimum absolute atomic E-state index is 0.0778. The van der Waals surface area contributed by atoms with Gasteiger partial charge in [-0.1, -0.05) is 25.7 Å². The Bertz CT molecular complexity index is 352. The van der Waals surface area contributed by atoms with Crippen LogP contribution >= 0.6 is 0 Å². The summed E-state index contributed by atoms with van der Waals surface area (Å²) >= 11 is 0. The predicted octanol–water partition coefficient (Wildman–Crippen LogP) is 1.00. The van der Waals surface area contributed by atoms with Crippen molar-refractivity contribution in [2.24, 2.45) is 0 Å². The molecule has 2 N–H and O–H groups in total. The zero-order chi connectivity index (χ0) is 13.0. The smallest absolute Gasteiger partial charge is 0.280 e. The van der Waals surface area contributed by atoms with E-state index >= 15 is 0 Å². The van der Waals surface area contributed by atoms with Gasteiger partial charge in [0.15, 0.2) is 0 Å². The molecule has 0 aromatic carbocycles. The van der Waals surface area contributed by atoms with E-state index in [1.165, 1.54) is 10.7 Å². The molecule has 0 aromatic rings. The van der Waals surface area contributed by atoms with Gasteiger partial charge in [-0.25, -0.2) is 0 Å². The summed E-state index contributed by atoms with van der Waals surface area (Å²) in [5.41, 5.74) is 0. The van der Waals surface area contributed by atoms with Crippen molar-refractivity contribution in [3.8, 4) is 0 Å². The van der Waals surface area contributed by atoms with E-state index in [1.54, 1.807) is 0 Å². The topological polar surface area (TPSA) is 69.6 Å². The molecule has 1 atom stereocenters. The molecule has 0 spiro atoms. The monoisotopic (exact) mass is 276 g/mol. The molecule has 2 rings (SSSR count). The lowest BCUT2D eigenvalue weighted by atomic mass is 9.96. The van der Waals surface area contributed by atoms with Crippen molar-refractivity contribution in [2.45, 2.75) is 63.5 Å². The lowest BCUT2D eigenvalue weighted by Crippen LogP contribution is -2.52. The SMILES string of the molecule is O=S(=O)(NC1CCCCC1)N1CCCCC1CO. The molecule has 106 valence electrons. The van der Waals surface area contributed by atoms with Crippen LogP contribution in [0.1, 0.15) is 51.4 Å². The third-order valence-electron chi connectivity index (χ3n) is 4.01. The van der Waals surface area contributed by atoms with E-state index in [2.05, 4.69) is 4.72 Å². The van der Waals surface area contributed by atoms with Gasteiger partial charge in [-0.15, -0.1) is 0 Å². The Labute approximate surface area is 110 Å². The maximum atomic E-state index is 12.3. The van der Waals surface area contributed by atoms with Crippen molar-refractivity contribution < 1.29 is 13.5 Å². The summed E-state index contributed by atoms with van der Waals surface area (Å²) < 4.78 is 28.9. The second kappa shape index (κ2) is 6.32. The molecule has 1 saturated heterocycles. The number of nitrogens with one attached hydrogen (secondary N) is 1. The summed E-state index contributed by atoms with van der Waals surface area (Å²) in [5, 5.41) is 9.30. The maximum Gasteiger partial charge on any atom is 0.280 e. The number of rotatable bonds is 4. The fourth-order valence-corrected chi connectivity index (χ4v) is 4.70. The Morgan fingerprint density at radius 2 is 1.72 bits per heavy atom. The van der Waals surface area contributed by atoms with Crippen LogP contribution in [-0.4, -0.2) is 43.1 Å². The van der Waals surface area contributed by atoms with E-state index in [1.807, 2.05) is 0 Å². The minimum Gasteiger partial charge on any atom is -0.395 e. The summed E-state index contributed by atoms with van der Waals surface area (Å²) in [7, 11) is -3.42. The van der Waals surface area contributed by atoms with Crippen molar-refractivity contribution in [3.63, 3.8) is 0 Å². The molecular weight excluding hydrogens is 252 g/mol. The van der Waals surface area contributed by atoms with Crippen molar-refractivity contribution in [2.75, 3.05) is 13.2 Å². The van der Waals surface area contributed by atoms with Crippen molar-refractivity contribution in [3.05, 3.63) is 0 Å². The molecule has 0 bridgehead atoms. The van der Waals surface area contributed by atoms with Crippen LogP contribution in [0.15, 0.2) is 0 Å². The average Bonchev–Trinajstić information content (AvgIpc) is 2.39. The lowest BCUT2D eigenvalue weighted by molar-refractivity contribution is 0.153. The van der Waals surface area contributed by atoms with Gasteiger partial charge < -0.3 is 5.11 Å². The molecule has 6 heteroatoms. The lowest BCUT2D eigenvalue weighted by Gasteiger charge is -2.35. The van der Waals surface area contributed by atoms with Crippen LogP contribution in [0.5, 0.6) is 0 Å². The average molecular weight is 276 g/mol. The first-order chi connectivity index (χ1) is 8.63. The van der Waals surface area contributed by atoms with Crippen LogP contribution in [0.3, 0.4) is 0 Å². The highest BCUT2D eigenvalue weighted by molar-refractivity contribution is 7.87. The number of hydrogen-bond acceptors (Lipinski definition) is 3. The zero-order valence-electron chi connectivity index (χ0n) is 10.8. The highest BCUT2D eigenvalue weighted by atomic mass is 32.2. The van der Waals surface area contributed by atoms with E-state index in [0.29, 0.717) is 6.54 Å². The molecule has 1 heterocycles. The van der Waals surface area contributed by atoms with Gasteiger partial charge in [0.05, 0.1) is 6.61 Å². The summed E-state index contributed by atoms with van der Waals surface area (Å²) in [6.07, 6.45) is 7.97. The van der Waals surface area contributed by atoms with Gasteiger partial charge in [0.2, 0.25) is 0 Å². The normalized spacial score (nSPS) is 28.4. The van der Waals surface area contributed by atoms with E-state index in [0.717, 1.165) is 44.9 Å². The van der Waals surface area contributed by atoms with Gasteiger partial charge >= 0.3 is 0 Å². The molecule has 2 aliphatic rings. The minimum atomic E-state index is -3.42. The van der Waals surface area contributed by atoms with Crippen LogP contribution in [-0.2, 0) is 10.2 Å². The standard InChI is InChI=1S/C12H24N2O3S/c15-10-12-8-4-5-9-14(12)18(16,17)13-11-6-2-1-3-7-11/h11-13,15H,1-10H2. The number of piperidine rings is 1. The number of aliphatic hydroxyl groups excluding tert-OH is 1. The first kappa shape index (κ1) is 14.2. The molecule has 5 nitrogen and oxygen atoms in total. The molecule has 1 aliphatic carbocycles. The second-order valence-electron chi connectivity index (χ2n) is 5.40. The molecule has 1 unspecified atom stereocenters. The molecule has 1 saturated carbocycles. The van der Waals surface area contributed by atoms with E-state index in [-0.39, 0.29) is 18.7 Å². The third kappa shape index (κ3) is 3.44. The van der Waals surface area contributed by atoms with Crippen LogP contribution in [0.25, 0.3) is 0 Å². The number of aliphatic hydroxyl groups is 1. The Morgan fingerprint density at radius 1 is 1.06 bits per heavy atom. The van der Waals surface area contributed by atoms with Gasteiger partial charge in [0, 0.05) is 18.6 Å². The highest BCUT2D eigenvalue weighted by Gasteiger charge is 2.33. The van der Waals surface area contributed by atoms with E-state index in [4.69, 9.17) is 0 Å².